The minimum absolute atomic E-state index is 0.153. The van der Waals surface area contributed by atoms with Crippen molar-refractivity contribution in [3.63, 3.8) is 0 Å². The van der Waals surface area contributed by atoms with Gasteiger partial charge in [0.15, 0.2) is 0 Å². The van der Waals surface area contributed by atoms with Crippen molar-refractivity contribution in [1.29, 1.82) is 0 Å². The van der Waals surface area contributed by atoms with Crippen molar-refractivity contribution < 1.29 is 9.84 Å². The lowest BCUT2D eigenvalue weighted by molar-refractivity contribution is 0.299. The van der Waals surface area contributed by atoms with Crippen LogP contribution in [-0.2, 0) is 13.0 Å². The van der Waals surface area contributed by atoms with Gasteiger partial charge in [-0.05, 0) is 36.2 Å². The van der Waals surface area contributed by atoms with Gasteiger partial charge < -0.3 is 15.6 Å². The second kappa shape index (κ2) is 6.14. The lowest BCUT2D eigenvalue weighted by atomic mass is 10.1. The highest BCUT2D eigenvalue weighted by Gasteiger charge is 2.04. The third-order valence-electron chi connectivity index (χ3n) is 2.59. The van der Waals surface area contributed by atoms with Gasteiger partial charge in [0.1, 0.15) is 11.5 Å². The second-order valence-electron chi connectivity index (χ2n) is 3.87. The lowest BCUT2D eigenvalue weighted by Gasteiger charge is -2.09. The van der Waals surface area contributed by atoms with Crippen LogP contribution >= 0.6 is 0 Å². The van der Waals surface area contributed by atoms with Crippen LogP contribution in [0.1, 0.15) is 11.3 Å². The topological polar surface area (TPSA) is 68.4 Å². The van der Waals surface area contributed by atoms with Crippen LogP contribution in [0.5, 0.6) is 11.5 Å². The highest BCUT2D eigenvalue weighted by Crippen LogP contribution is 2.23. The fourth-order valence-corrected chi connectivity index (χ4v) is 1.65. The van der Waals surface area contributed by atoms with Crippen LogP contribution in [0, 0.1) is 0 Å². The molecule has 0 saturated carbocycles. The van der Waals surface area contributed by atoms with E-state index in [2.05, 4.69) is 4.98 Å². The van der Waals surface area contributed by atoms with Crippen molar-refractivity contribution in [1.82, 2.24) is 4.98 Å². The molecule has 3 N–H and O–H groups in total. The average molecular weight is 244 g/mol. The number of pyridine rings is 1. The zero-order chi connectivity index (χ0) is 12.8. The first kappa shape index (κ1) is 12.5. The maximum Gasteiger partial charge on any atom is 0.150 e. The molecule has 0 saturated heterocycles. The fraction of sp³-hybridized carbons (Fsp3) is 0.214. The molecule has 0 bridgehead atoms. The number of hydrogen-bond donors (Lipinski definition) is 2. The molecule has 0 fully saturated rings. The molecule has 0 radical (unpaired) electrons. The summed E-state index contributed by atoms with van der Waals surface area (Å²) >= 11 is 0. The molecule has 0 unspecified atom stereocenters. The molecule has 1 aromatic heterocycles. The van der Waals surface area contributed by atoms with Crippen molar-refractivity contribution in [2.75, 3.05) is 6.61 Å². The van der Waals surface area contributed by atoms with Crippen LogP contribution in [0.2, 0.25) is 0 Å². The van der Waals surface area contributed by atoms with E-state index in [-0.39, 0.29) is 6.61 Å². The van der Waals surface area contributed by atoms with Gasteiger partial charge in [0, 0.05) is 19.3 Å². The number of nitrogens with zero attached hydrogens (tertiary/aromatic N) is 1. The minimum atomic E-state index is 0.153. The first-order chi connectivity index (χ1) is 8.83. The van der Waals surface area contributed by atoms with Gasteiger partial charge in [-0.1, -0.05) is 12.1 Å². The summed E-state index contributed by atoms with van der Waals surface area (Å²) in [5, 5.41) is 8.84. The molecule has 2 rings (SSSR count). The number of benzene rings is 1. The quantitative estimate of drug-likeness (QED) is 0.842. The summed E-state index contributed by atoms with van der Waals surface area (Å²) in [5.74, 6) is 1.41. The van der Waals surface area contributed by atoms with Crippen LogP contribution in [0.15, 0.2) is 42.6 Å². The molecule has 4 heteroatoms. The molecule has 1 aromatic carbocycles. The Labute approximate surface area is 106 Å². The molecule has 18 heavy (non-hydrogen) atoms. The monoisotopic (exact) mass is 244 g/mol. The van der Waals surface area contributed by atoms with Crippen molar-refractivity contribution in [2.45, 2.75) is 13.0 Å². The summed E-state index contributed by atoms with van der Waals surface area (Å²) in [5.41, 5.74) is 7.41. The standard InChI is InChI=1S/C14H16N2O2/c15-10-13-14(2-1-8-16-13)18-12-5-3-11(4-6-12)7-9-17/h1-6,8,17H,7,9-10,15H2. The Kier molecular flexibility index (Phi) is 4.28. The van der Waals surface area contributed by atoms with Crippen LogP contribution in [0.3, 0.4) is 0 Å². The van der Waals surface area contributed by atoms with Gasteiger partial charge in [-0.15, -0.1) is 0 Å². The van der Waals surface area contributed by atoms with Crippen molar-refractivity contribution in [3.8, 4) is 11.5 Å². The zero-order valence-electron chi connectivity index (χ0n) is 10.0. The van der Waals surface area contributed by atoms with Gasteiger partial charge in [0.05, 0.1) is 5.69 Å². The Bertz CT molecular complexity index is 497. The third kappa shape index (κ3) is 3.06. The Morgan fingerprint density at radius 1 is 1.17 bits per heavy atom. The number of aromatic nitrogens is 1. The first-order valence-corrected chi connectivity index (χ1v) is 5.85. The molecule has 1 heterocycles. The average Bonchev–Trinajstić information content (AvgIpc) is 2.42. The minimum Gasteiger partial charge on any atom is -0.455 e. The molecule has 94 valence electrons. The number of nitrogens with two attached hydrogens (primary N) is 1. The molecular formula is C14H16N2O2. The summed E-state index contributed by atoms with van der Waals surface area (Å²) in [6.07, 6.45) is 2.35. The zero-order valence-corrected chi connectivity index (χ0v) is 10.0. The number of rotatable bonds is 5. The Morgan fingerprint density at radius 3 is 2.61 bits per heavy atom. The fourth-order valence-electron chi connectivity index (χ4n) is 1.65. The summed E-state index contributed by atoms with van der Waals surface area (Å²) in [6, 6.07) is 11.3. The molecule has 0 atom stereocenters. The van der Waals surface area contributed by atoms with E-state index in [9.17, 15) is 0 Å². The first-order valence-electron chi connectivity index (χ1n) is 5.85. The lowest BCUT2D eigenvalue weighted by Crippen LogP contribution is -2.01. The van der Waals surface area contributed by atoms with Gasteiger partial charge in [0.25, 0.3) is 0 Å². The van der Waals surface area contributed by atoms with Crippen LogP contribution in [0.4, 0.5) is 0 Å². The Morgan fingerprint density at radius 2 is 1.94 bits per heavy atom. The van der Waals surface area contributed by atoms with E-state index in [0.717, 1.165) is 17.0 Å². The maximum atomic E-state index is 8.84. The summed E-state index contributed by atoms with van der Waals surface area (Å²) in [6.45, 7) is 0.499. The van der Waals surface area contributed by atoms with E-state index in [1.165, 1.54) is 0 Å². The van der Waals surface area contributed by atoms with Crippen LogP contribution < -0.4 is 10.5 Å². The molecule has 0 aliphatic rings. The van der Waals surface area contributed by atoms with Crippen LogP contribution in [-0.4, -0.2) is 16.7 Å². The third-order valence-corrected chi connectivity index (χ3v) is 2.59. The van der Waals surface area contributed by atoms with Crippen molar-refractivity contribution in [3.05, 3.63) is 53.9 Å². The maximum absolute atomic E-state index is 8.84. The second-order valence-corrected chi connectivity index (χ2v) is 3.87. The van der Waals surface area contributed by atoms with Gasteiger partial charge in [-0.25, -0.2) is 0 Å². The highest BCUT2D eigenvalue weighted by atomic mass is 16.5. The molecular weight excluding hydrogens is 228 g/mol. The van der Waals surface area contributed by atoms with Crippen LogP contribution in [0.25, 0.3) is 0 Å². The van der Waals surface area contributed by atoms with Gasteiger partial charge in [-0.3, -0.25) is 4.98 Å². The number of ether oxygens (including phenoxy) is 1. The normalized spacial score (nSPS) is 10.3. The predicted octanol–water partition coefficient (Wildman–Crippen LogP) is 1.87. The molecule has 0 aliphatic heterocycles. The Balaban J connectivity index is 2.13. The van der Waals surface area contributed by atoms with E-state index in [4.69, 9.17) is 15.6 Å². The van der Waals surface area contributed by atoms with Gasteiger partial charge in [0.2, 0.25) is 0 Å². The van der Waals surface area contributed by atoms with Gasteiger partial charge in [-0.2, -0.15) is 0 Å². The Hall–Kier alpha value is -1.91. The largest absolute Gasteiger partial charge is 0.455 e. The molecule has 0 aliphatic carbocycles. The number of aliphatic hydroxyl groups is 1. The highest BCUT2D eigenvalue weighted by molar-refractivity contribution is 5.35. The number of hydrogen-bond acceptors (Lipinski definition) is 4. The summed E-state index contributed by atoms with van der Waals surface area (Å²) < 4.78 is 5.73. The SMILES string of the molecule is NCc1ncccc1Oc1ccc(CCO)cc1. The van der Waals surface area contributed by atoms with E-state index < -0.39 is 0 Å². The van der Waals surface area contributed by atoms with E-state index in [1.807, 2.05) is 36.4 Å². The summed E-state index contributed by atoms with van der Waals surface area (Å²) in [7, 11) is 0. The smallest absolute Gasteiger partial charge is 0.150 e. The predicted molar refractivity (Wildman–Crippen MR) is 69.4 cm³/mol. The molecule has 0 amide bonds. The summed E-state index contributed by atoms with van der Waals surface area (Å²) in [4.78, 5) is 4.16. The van der Waals surface area contributed by atoms with Crippen molar-refractivity contribution >= 4 is 0 Å². The van der Waals surface area contributed by atoms with Gasteiger partial charge >= 0.3 is 0 Å². The molecule has 0 spiro atoms. The molecule has 4 nitrogen and oxygen atoms in total. The molecule has 2 aromatic rings. The van der Waals surface area contributed by atoms with Crippen molar-refractivity contribution in [2.24, 2.45) is 5.73 Å². The number of aliphatic hydroxyl groups excluding tert-OH is 1. The van der Waals surface area contributed by atoms with E-state index >= 15 is 0 Å². The van der Waals surface area contributed by atoms with E-state index in [1.54, 1.807) is 6.20 Å². The van der Waals surface area contributed by atoms with E-state index in [0.29, 0.717) is 18.7 Å².